The highest BCUT2D eigenvalue weighted by atomic mass is 14.9. The second kappa shape index (κ2) is 3.23. The molecule has 4 bridgehead atoms. The molecule has 2 N–H and O–H groups in total. The van der Waals surface area contributed by atoms with Gasteiger partial charge in [-0.3, -0.25) is 4.99 Å². The second-order valence-corrected chi connectivity index (χ2v) is 6.06. The van der Waals surface area contributed by atoms with Gasteiger partial charge in [0.2, 0.25) is 0 Å². The smallest absolute Gasteiger partial charge is 0.0999 e. The van der Waals surface area contributed by atoms with Crippen molar-refractivity contribution in [2.45, 2.75) is 45.4 Å². The third kappa shape index (κ3) is 1.41. The number of nitrogens with zero attached hydrogens (tertiary/aromatic N) is 1. The van der Waals surface area contributed by atoms with Gasteiger partial charge in [0.1, 0.15) is 0 Å². The minimum absolute atomic E-state index is 0.338. The summed E-state index contributed by atoms with van der Waals surface area (Å²) in [5.41, 5.74) is 6.57. The van der Waals surface area contributed by atoms with Gasteiger partial charge in [-0.05, 0) is 63.2 Å². The van der Waals surface area contributed by atoms with E-state index in [1.165, 1.54) is 38.5 Å². The number of nitrogens with two attached hydrogens (primary N) is 1. The molecular weight excluding hydrogens is 184 g/mol. The third-order valence-corrected chi connectivity index (χ3v) is 4.91. The average Bonchev–Trinajstić information content (AvgIpc) is 2.15. The summed E-state index contributed by atoms with van der Waals surface area (Å²) in [6.07, 6.45) is 8.48. The maximum atomic E-state index is 6.23. The van der Waals surface area contributed by atoms with Crippen molar-refractivity contribution >= 4 is 5.84 Å². The summed E-state index contributed by atoms with van der Waals surface area (Å²) in [6.45, 7) is 2.95. The Kier molecular flexibility index (Phi) is 2.08. The van der Waals surface area contributed by atoms with Crippen LogP contribution in [0.3, 0.4) is 0 Å². The Labute approximate surface area is 92.3 Å². The molecule has 84 valence electrons. The molecule has 4 saturated carbocycles. The molecular formula is C13H22N2. The van der Waals surface area contributed by atoms with Crippen molar-refractivity contribution < 1.29 is 0 Å². The van der Waals surface area contributed by atoms with Gasteiger partial charge in [0.25, 0.3) is 0 Å². The minimum atomic E-state index is 0.338. The predicted molar refractivity (Wildman–Crippen MR) is 62.8 cm³/mol. The van der Waals surface area contributed by atoms with Crippen LogP contribution in [0.5, 0.6) is 0 Å². The Balaban J connectivity index is 1.89. The summed E-state index contributed by atoms with van der Waals surface area (Å²) in [5.74, 6) is 3.91. The quantitative estimate of drug-likeness (QED) is 0.547. The predicted octanol–water partition coefficient (Wildman–Crippen LogP) is 2.58. The number of rotatable bonds is 2. The van der Waals surface area contributed by atoms with E-state index >= 15 is 0 Å². The standard InChI is InChI=1S/C13H22N2/c1-2-15-12(14)13-6-9-3-10(7-13)5-11(4-9)8-13/h9-11H,2-8H2,1H3,(H2,14,15). The van der Waals surface area contributed by atoms with Crippen molar-refractivity contribution in [3.8, 4) is 0 Å². The van der Waals surface area contributed by atoms with Gasteiger partial charge >= 0.3 is 0 Å². The zero-order valence-electron chi connectivity index (χ0n) is 9.71. The van der Waals surface area contributed by atoms with Gasteiger partial charge in [0, 0.05) is 12.0 Å². The summed E-state index contributed by atoms with van der Waals surface area (Å²) < 4.78 is 0. The summed E-state index contributed by atoms with van der Waals surface area (Å²) in [5, 5.41) is 0. The van der Waals surface area contributed by atoms with E-state index in [4.69, 9.17) is 5.73 Å². The van der Waals surface area contributed by atoms with Crippen molar-refractivity contribution in [3.05, 3.63) is 0 Å². The van der Waals surface area contributed by atoms with Gasteiger partial charge in [0.05, 0.1) is 5.84 Å². The van der Waals surface area contributed by atoms with Crippen molar-refractivity contribution in [1.82, 2.24) is 0 Å². The number of aliphatic imine (C=N–C) groups is 1. The molecule has 0 aliphatic heterocycles. The van der Waals surface area contributed by atoms with Gasteiger partial charge in [-0.25, -0.2) is 0 Å². The lowest BCUT2D eigenvalue weighted by Gasteiger charge is -2.56. The highest BCUT2D eigenvalue weighted by Gasteiger charge is 2.52. The van der Waals surface area contributed by atoms with E-state index in [0.717, 1.165) is 30.1 Å². The molecule has 2 heteroatoms. The molecule has 0 aromatic carbocycles. The fourth-order valence-electron chi connectivity index (χ4n) is 4.76. The number of amidine groups is 1. The first-order valence-corrected chi connectivity index (χ1v) is 6.52. The van der Waals surface area contributed by atoms with Crippen LogP contribution in [0.1, 0.15) is 45.4 Å². The van der Waals surface area contributed by atoms with Crippen molar-refractivity contribution in [2.75, 3.05) is 6.54 Å². The molecule has 0 heterocycles. The lowest BCUT2D eigenvalue weighted by molar-refractivity contribution is -0.0130. The summed E-state index contributed by atoms with van der Waals surface area (Å²) in [6, 6.07) is 0. The summed E-state index contributed by atoms with van der Waals surface area (Å²) in [4.78, 5) is 4.51. The van der Waals surface area contributed by atoms with Gasteiger partial charge < -0.3 is 5.73 Å². The molecule has 0 spiro atoms. The van der Waals surface area contributed by atoms with Gasteiger partial charge in [-0.2, -0.15) is 0 Å². The van der Waals surface area contributed by atoms with Crippen LogP contribution in [0.15, 0.2) is 4.99 Å². The molecule has 4 rings (SSSR count). The Morgan fingerprint density at radius 3 is 2.00 bits per heavy atom. The van der Waals surface area contributed by atoms with Crippen LogP contribution in [0, 0.1) is 23.2 Å². The van der Waals surface area contributed by atoms with E-state index in [1.54, 1.807) is 0 Å². The zero-order chi connectivity index (χ0) is 10.5. The van der Waals surface area contributed by atoms with Gasteiger partial charge in [-0.1, -0.05) is 0 Å². The molecule has 0 aromatic heterocycles. The van der Waals surface area contributed by atoms with Crippen LogP contribution in [-0.4, -0.2) is 12.4 Å². The highest BCUT2D eigenvalue weighted by Crippen LogP contribution is 2.59. The second-order valence-electron chi connectivity index (χ2n) is 6.06. The largest absolute Gasteiger partial charge is 0.387 e. The van der Waals surface area contributed by atoms with Crippen molar-refractivity contribution in [1.29, 1.82) is 0 Å². The van der Waals surface area contributed by atoms with Crippen LogP contribution in [0.2, 0.25) is 0 Å². The van der Waals surface area contributed by atoms with Crippen LogP contribution in [0.4, 0.5) is 0 Å². The molecule has 4 aliphatic rings. The molecule has 0 radical (unpaired) electrons. The normalized spacial score (nSPS) is 48.6. The first kappa shape index (κ1) is 9.68. The lowest BCUT2D eigenvalue weighted by atomic mass is 9.49. The summed E-state index contributed by atoms with van der Waals surface area (Å²) >= 11 is 0. The first-order valence-electron chi connectivity index (χ1n) is 6.52. The first-order chi connectivity index (χ1) is 7.22. The van der Waals surface area contributed by atoms with Crippen molar-refractivity contribution in [2.24, 2.45) is 33.9 Å². The third-order valence-electron chi connectivity index (χ3n) is 4.91. The molecule has 0 aromatic rings. The van der Waals surface area contributed by atoms with Crippen molar-refractivity contribution in [3.63, 3.8) is 0 Å². The minimum Gasteiger partial charge on any atom is -0.387 e. The van der Waals surface area contributed by atoms with Crippen LogP contribution in [-0.2, 0) is 0 Å². The van der Waals surface area contributed by atoms with E-state index in [-0.39, 0.29) is 0 Å². The SMILES string of the molecule is CC/N=C(\N)C12CC3CC(CC(C3)C1)C2. The van der Waals surface area contributed by atoms with E-state index in [2.05, 4.69) is 11.9 Å². The molecule has 0 saturated heterocycles. The van der Waals surface area contributed by atoms with E-state index in [9.17, 15) is 0 Å². The Morgan fingerprint density at radius 2 is 1.60 bits per heavy atom. The fourth-order valence-corrected chi connectivity index (χ4v) is 4.76. The Morgan fingerprint density at radius 1 is 1.13 bits per heavy atom. The number of hydrogen-bond donors (Lipinski definition) is 1. The fraction of sp³-hybridized carbons (Fsp3) is 0.923. The molecule has 15 heavy (non-hydrogen) atoms. The summed E-state index contributed by atoms with van der Waals surface area (Å²) in [7, 11) is 0. The molecule has 2 nitrogen and oxygen atoms in total. The molecule has 4 aliphatic carbocycles. The molecule has 0 unspecified atom stereocenters. The molecule has 0 amide bonds. The van der Waals surface area contributed by atoms with Gasteiger partial charge in [0.15, 0.2) is 0 Å². The van der Waals surface area contributed by atoms with Crippen LogP contribution in [0.25, 0.3) is 0 Å². The van der Waals surface area contributed by atoms with Gasteiger partial charge in [-0.15, -0.1) is 0 Å². The lowest BCUT2D eigenvalue weighted by Crippen LogP contribution is -2.52. The Bertz CT molecular complexity index is 258. The van der Waals surface area contributed by atoms with Crippen LogP contribution >= 0.6 is 0 Å². The van der Waals surface area contributed by atoms with E-state index < -0.39 is 0 Å². The molecule has 0 atom stereocenters. The Hall–Kier alpha value is -0.530. The van der Waals surface area contributed by atoms with E-state index in [0.29, 0.717) is 5.41 Å². The zero-order valence-corrected chi connectivity index (χ0v) is 9.71. The topological polar surface area (TPSA) is 38.4 Å². The average molecular weight is 206 g/mol. The van der Waals surface area contributed by atoms with Crippen LogP contribution < -0.4 is 5.73 Å². The maximum Gasteiger partial charge on any atom is 0.0999 e. The maximum absolute atomic E-state index is 6.23. The van der Waals surface area contributed by atoms with E-state index in [1.807, 2.05) is 0 Å². The molecule has 4 fully saturated rings. The number of hydrogen-bond acceptors (Lipinski definition) is 1. The highest BCUT2D eigenvalue weighted by molar-refractivity contribution is 5.87. The monoisotopic (exact) mass is 206 g/mol.